The Morgan fingerprint density at radius 3 is 2.67 bits per heavy atom. The van der Waals surface area contributed by atoms with Gasteiger partial charge in [0.15, 0.2) is 0 Å². The van der Waals surface area contributed by atoms with Crippen LogP contribution in [0.1, 0.15) is 30.5 Å². The van der Waals surface area contributed by atoms with Gasteiger partial charge in [-0.3, -0.25) is 0 Å². The van der Waals surface area contributed by atoms with E-state index in [1.807, 2.05) is 19.2 Å². The highest BCUT2D eigenvalue weighted by molar-refractivity contribution is 5.29. The van der Waals surface area contributed by atoms with Crippen LogP contribution in [0, 0.1) is 0 Å². The largest absolute Gasteiger partial charge is 0.489 e. The van der Waals surface area contributed by atoms with Crippen molar-refractivity contribution in [2.45, 2.75) is 26.0 Å². The number of benzene rings is 1. The molecule has 18 heavy (non-hydrogen) atoms. The van der Waals surface area contributed by atoms with E-state index >= 15 is 0 Å². The molecule has 1 aromatic heterocycles. The molecule has 0 amide bonds. The second-order valence-electron chi connectivity index (χ2n) is 4.14. The molecule has 1 aromatic carbocycles. The minimum absolute atomic E-state index is 0.400. The highest BCUT2D eigenvalue weighted by Gasteiger charge is 2.06. The number of nitrogens with one attached hydrogen (secondary N) is 1. The van der Waals surface area contributed by atoms with Gasteiger partial charge in [-0.1, -0.05) is 24.2 Å². The Hall–Kier alpha value is -1.81. The minimum atomic E-state index is 0.400. The first-order valence-electron chi connectivity index (χ1n) is 6.11. The molecule has 4 nitrogen and oxygen atoms in total. The third-order valence-electron chi connectivity index (χ3n) is 2.93. The van der Waals surface area contributed by atoms with Crippen LogP contribution in [0.3, 0.4) is 0 Å². The molecule has 4 heteroatoms. The van der Waals surface area contributed by atoms with Crippen LogP contribution in [-0.2, 0) is 6.61 Å². The summed E-state index contributed by atoms with van der Waals surface area (Å²) in [6, 6.07) is 8.56. The van der Waals surface area contributed by atoms with E-state index in [9.17, 15) is 0 Å². The first-order chi connectivity index (χ1) is 8.83. The van der Waals surface area contributed by atoms with Crippen molar-refractivity contribution in [1.82, 2.24) is 10.5 Å². The Bertz CT molecular complexity index is 447. The molecule has 0 spiro atoms. The first kappa shape index (κ1) is 12.6. The third kappa shape index (κ3) is 3.11. The predicted molar refractivity (Wildman–Crippen MR) is 69.4 cm³/mol. The maximum absolute atomic E-state index is 5.63. The van der Waals surface area contributed by atoms with Crippen LogP contribution in [-0.4, -0.2) is 12.2 Å². The predicted octanol–water partition coefficient (Wildman–Crippen LogP) is 2.92. The molecule has 0 aliphatic carbocycles. The molecule has 96 valence electrons. The molecule has 1 unspecified atom stereocenters. The summed E-state index contributed by atoms with van der Waals surface area (Å²) in [7, 11) is 1.98. The zero-order valence-corrected chi connectivity index (χ0v) is 10.7. The average molecular weight is 246 g/mol. The molecule has 0 aliphatic rings. The maximum atomic E-state index is 5.63. The van der Waals surface area contributed by atoms with Gasteiger partial charge >= 0.3 is 0 Å². The Labute approximate surface area is 107 Å². The van der Waals surface area contributed by atoms with E-state index in [1.54, 1.807) is 12.5 Å². The second kappa shape index (κ2) is 6.21. The highest BCUT2D eigenvalue weighted by atomic mass is 16.5. The van der Waals surface area contributed by atoms with Crippen molar-refractivity contribution < 1.29 is 9.26 Å². The van der Waals surface area contributed by atoms with Gasteiger partial charge in [-0.25, -0.2) is 0 Å². The van der Waals surface area contributed by atoms with Crippen LogP contribution in [0.5, 0.6) is 5.75 Å². The SMILES string of the molecule is CCC(NC)c1ccc(OCc2cnoc2)cc1. The van der Waals surface area contributed by atoms with Crippen LogP contribution in [0.15, 0.2) is 41.2 Å². The molecule has 2 aromatic rings. The second-order valence-corrected chi connectivity index (χ2v) is 4.14. The molecule has 0 aliphatic heterocycles. The van der Waals surface area contributed by atoms with Crippen LogP contribution < -0.4 is 10.1 Å². The smallest absolute Gasteiger partial charge is 0.130 e. The van der Waals surface area contributed by atoms with E-state index in [2.05, 4.69) is 29.5 Å². The quantitative estimate of drug-likeness (QED) is 0.851. The Kier molecular flexibility index (Phi) is 4.36. The number of hydrogen-bond acceptors (Lipinski definition) is 4. The summed E-state index contributed by atoms with van der Waals surface area (Å²) in [4.78, 5) is 0. The fraction of sp³-hybridized carbons (Fsp3) is 0.357. The number of aromatic nitrogens is 1. The van der Waals surface area contributed by atoms with E-state index in [0.29, 0.717) is 12.6 Å². The summed E-state index contributed by atoms with van der Waals surface area (Å²) >= 11 is 0. The van der Waals surface area contributed by atoms with E-state index in [0.717, 1.165) is 17.7 Å². The molecule has 0 bridgehead atoms. The van der Waals surface area contributed by atoms with Crippen molar-refractivity contribution in [3.05, 3.63) is 47.9 Å². The molecular weight excluding hydrogens is 228 g/mol. The van der Waals surface area contributed by atoms with E-state index in [4.69, 9.17) is 9.26 Å². The molecular formula is C14H18N2O2. The van der Waals surface area contributed by atoms with Crippen molar-refractivity contribution in [2.75, 3.05) is 7.05 Å². The number of nitrogens with zero attached hydrogens (tertiary/aromatic N) is 1. The van der Waals surface area contributed by atoms with Crippen molar-refractivity contribution in [3.8, 4) is 5.75 Å². The van der Waals surface area contributed by atoms with Gasteiger partial charge in [0.1, 0.15) is 18.6 Å². The number of ether oxygens (including phenoxy) is 1. The molecule has 1 heterocycles. The summed E-state index contributed by atoms with van der Waals surface area (Å²) in [5.74, 6) is 0.853. The Morgan fingerprint density at radius 2 is 2.11 bits per heavy atom. The Balaban J connectivity index is 1.95. The van der Waals surface area contributed by atoms with E-state index < -0.39 is 0 Å². The van der Waals surface area contributed by atoms with Crippen LogP contribution in [0.25, 0.3) is 0 Å². The van der Waals surface area contributed by atoms with Crippen molar-refractivity contribution in [2.24, 2.45) is 0 Å². The lowest BCUT2D eigenvalue weighted by Crippen LogP contribution is -2.14. The molecule has 0 fully saturated rings. The summed E-state index contributed by atoms with van der Waals surface area (Å²) in [6.45, 7) is 2.64. The third-order valence-corrected chi connectivity index (χ3v) is 2.93. The molecule has 0 saturated heterocycles. The van der Waals surface area contributed by atoms with Gasteiger partial charge in [0.25, 0.3) is 0 Å². The standard InChI is InChI=1S/C14H18N2O2/c1-3-14(15-2)12-4-6-13(7-5-12)17-9-11-8-16-18-10-11/h4-8,10,14-15H,3,9H2,1-2H3. The van der Waals surface area contributed by atoms with Gasteiger partial charge in [-0.05, 0) is 31.2 Å². The van der Waals surface area contributed by atoms with Crippen LogP contribution in [0.2, 0.25) is 0 Å². The molecule has 1 N–H and O–H groups in total. The van der Waals surface area contributed by atoms with Crippen molar-refractivity contribution >= 4 is 0 Å². The first-order valence-corrected chi connectivity index (χ1v) is 6.11. The monoisotopic (exact) mass is 246 g/mol. The molecule has 0 saturated carbocycles. The van der Waals surface area contributed by atoms with Gasteiger partial charge in [0.2, 0.25) is 0 Å². The maximum Gasteiger partial charge on any atom is 0.130 e. The van der Waals surface area contributed by atoms with Crippen molar-refractivity contribution in [1.29, 1.82) is 0 Å². The highest BCUT2D eigenvalue weighted by Crippen LogP contribution is 2.20. The summed E-state index contributed by atoms with van der Waals surface area (Å²) in [5, 5.41) is 6.91. The lowest BCUT2D eigenvalue weighted by Gasteiger charge is -2.14. The number of rotatable bonds is 6. The molecule has 0 radical (unpaired) electrons. The Morgan fingerprint density at radius 1 is 1.33 bits per heavy atom. The number of hydrogen-bond donors (Lipinski definition) is 1. The van der Waals surface area contributed by atoms with Gasteiger partial charge < -0.3 is 14.6 Å². The van der Waals surface area contributed by atoms with E-state index in [1.165, 1.54) is 5.56 Å². The van der Waals surface area contributed by atoms with Gasteiger partial charge in [-0.2, -0.15) is 0 Å². The zero-order chi connectivity index (χ0) is 12.8. The lowest BCUT2D eigenvalue weighted by molar-refractivity contribution is 0.304. The van der Waals surface area contributed by atoms with Gasteiger partial charge in [-0.15, -0.1) is 0 Å². The topological polar surface area (TPSA) is 47.3 Å². The summed E-state index contributed by atoms with van der Waals surface area (Å²) < 4.78 is 10.4. The fourth-order valence-corrected chi connectivity index (χ4v) is 1.87. The van der Waals surface area contributed by atoms with Crippen LogP contribution >= 0.6 is 0 Å². The average Bonchev–Trinajstić information content (AvgIpc) is 2.92. The molecule has 1 atom stereocenters. The normalized spacial score (nSPS) is 12.3. The fourth-order valence-electron chi connectivity index (χ4n) is 1.87. The van der Waals surface area contributed by atoms with Gasteiger partial charge in [0, 0.05) is 11.6 Å². The lowest BCUT2D eigenvalue weighted by atomic mass is 10.1. The van der Waals surface area contributed by atoms with E-state index in [-0.39, 0.29) is 0 Å². The summed E-state index contributed by atoms with van der Waals surface area (Å²) in [6.07, 6.45) is 4.31. The zero-order valence-electron chi connectivity index (χ0n) is 10.7. The van der Waals surface area contributed by atoms with Crippen LogP contribution in [0.4, 0.5) is 0 Å². The molecule has 2 rings (SSSR count). The van der Waals surface area contributed by atoms with Gasteiger partial charge in [0.05, 0.1) is 6.20 Å². The summed E-state index contributed by atoms with van der Waals surface area (Å²) in [5.41, 5.74) is 2.21. The minimum Gasteiger partial charge on any atom is -0.489 e. The van der Waals surface area contributed by atoms with Crippen molar-refractivity contribution in [3.63, 3.8) is 0 Å².